The van der Waals surface area contributed by atoms with Crippen molar-refractivity contribution in [2.75, 3.05) is 18.5 Å². The molecule has 2 amide bonds. The molecule has 1 aliphatic rings. The first-order valence-electron chi connectivity index (χ1n) is 8.61. The largest absolute Gasteiger partial charge is 0.486 e. The first kappa shape index (κ1) is 19.0. The zero-order valence-electron chi connectivity index (χ0n) is 15.2. The molecule has 0 saturated carbocycles. The number of ether oxygens (including phenoxy) is 2. The number of anilines is 1. The fraction of sp³-hybridized carbons (Fsp3) is 0.300. The Morgan fingerprint density at radius 3 is 2.48 bits per heavy atom. The lowest BCUT2D eigenvalue weighted by Crippen LogP contribution is -2.44. The van der Waals surface area contributed by atoms with Crippen LogP contribution in [-0.4, -0.2) is 25.0 Å². The van der Waals surface area contributed by atoms with E-state index in [9.17, 15) is 9.59 Å². The van der Waals surface area contributed by atoms with Crippen molar-refractivity contribution in [1.82, 2.24) is 5.32 Å². The van der Waals surface area contributed by atoms with Gasteiger partial charge in [0.15, 0.2) is 11.5 Å². The third kappa shape index (κ3) is 4.34. The summed E-state index contributed by atoms with van der Waals surface area (Å²) >= 11 is 6.10. The number of halogens is 1. The van der Waals surface area contributed by atoms with Gasteiger partial charge in [0.25, 0.3) is 0 Å². The highest BCUT2D eigenvalue weighted by Crippen LogP contribution is 2.33. The Labute approximate surface area is 162 Å². The van der Waals surface area contributed by atoms with Crippen molar-refractivity contribution in [3.63, 3.8) is 0 Å². The van der Waals surface area contributed by atoms with Crippen molar-refractivity contribution in [3.8, 4) is 11.5 Å². The van der Waals surface area contributed by atoms with Gasteiger partial charge in [-0.3, -0.25) is 9.59 Å². The number of carbonyl (C=O) groups excluding carboxylic acids is 2. The molecular weight excluding hydrogens is 368 g/mol. The Balaban J connectivity index is 1.64. The SMILES string of the molecule is CC(C)(C(=O)NCc1ccccc1Cl)C(=O)Nc1ccc2c(c1)OCCO2. The minimum Gasteiger partial charge on any atom is -0.486 e. The molecule has 0 aliphatic carbocycles. The fourth-order valence-electron chi connectivity index (χ4n) is 2.55. The molecule has 0 atom stereocenters. The molecule has 7 heteroatoms. The van der Waals surface area contributed by atoms with Crippen molar-refractivity contribution >= 4 is 29.1 Å². The number of nitrogens with one attached hydrogen (secondary N) is 2. The first-order chi connectivity index (χ1) is 12.9. The van der Waals surface area contributed by atoms with Gasteiger partial charge in [-0.2, -0.15) is 0 Å². The summed E-state index contributed by atoms with van der Waals surface area (Å²) in [6, 6.07) is 12.4. The molecule has 142 valence electrons. The second-order valence-electron chi connectivity index (χ2n) is 6.71. The van der Waals surface area contributed by atoms with Gasteiger partial charge in [-0.05, 0) is 37.6 Å². The van der Waals surface area contributed by atoms with Crippen LogP contribution in [0, 0.1) is 5.41 Å². The number of rotatable bonds is 5. The standard InChI is InChI=1S/C20H21ClN2O4/c1-20(2,18(24)22-12-13-5-3-4-6-15(13)21)19(25)23-14-7-8-16-17(11-14)27-10-9-26-16/h3-8,11H,9-10,12H2,1-2H3,(H,22,24)(H,23,25). The summed E-state index contributed by atoms with van der Waals surface area (Å²) in [6.45, 7) is 4.35. The summed E-state index contributed by atoms with van der Waals surface area (Å²) < 4.78 is 11.0. The lowest BCUT2D eigenvalue weighted by atomic mass is 9.90. The van der Waals surface area contributed by atoms with Crippen LogP contribution in [-0.2, 0) is 16.1 Å². The predicted octanol–water partition coefficient (Wildman–Crippen LogP) is 3.39. The first-order valence-corrected chi connectivity index (χ1v) is 8.98. The molecule has 3 rings (SSSR count). The van der Waals surface area contributed by atoms with Crippen molar-refractivity contribution in [2.24, 2.45) is 5.41 Å². The zero-order chi connectivity index (χ0) is 19.4. The third-order valence-corrected chi connectivity index (χ3v) is 4.70. The van der Waals surface area contributed by atoms with Gasteiger partial charge in [-0.25, -0.2) is 0 Å². The predicted molar refractivity (Wildman–Crippen MR) is 103 cm³/mol. The second kappa shape index (κ2) is 7.88. The normalized spacial score (nSPS) is 13.0. The van der Waals surface area contributed by atoms with Crippen LogP contribution in [0.2, 0.25) is 5.02 Å². The molecular formula is C20H21ClN2O4. The highest BCUT2D eigenvalue weighted by Gasteiger charge is 2.36. The molecule has 0 unspecified atom stereocenters. The van der Waals surface area contributed by atoms with E-state index >= 15 is 0 Å². The van der Waals surface area contributed by atoms with Gasteiger partial charge in [0.2, 0.25) is 11.8 Å². The quantitative estimate of drug-likeness (QED) is 0.770. The van der Waals surface area contributed by atoms with Crippen LogP contribution >= 0.6 is 11.6 Å². The Morgan fingerprint density at radius 2 is 1.74 bits per heavy atom. The van der Waals surface area contributed by atoms with E-state index in [1.165, 1.54) is 0 Å². The van der Waals surface area contributed by atoms with E-state index in [2.05, 4.69) is 10.6 Å². The smallest absolute Gasteiger partial charge is 0.239 e. The lowest BCUT2D eigenvalue weighted by molar-refractivity contribution is -0.138. The maximum atomic E-state index is 12.7. The number of hydrogen-bond acceptors (Lipinski definition) is 4. The Morgan fingerprint density at radius 1 is 1.04 bits per heavy atom. The molecule has 0 bridgehead atoms. The summed E-state index contributed by atoms with van der Waals surface area (Å²) in [7, 11) is 0. The number of benzene rings is 2. The van der Waals surface area contributed by atoms with Gasteiger partial charge < -0.3 is 20.1 Å². The Hall–Kier alpha value is -2.73. The van der Waals surface area contributed by atoms with Gasteiger partial charge in [-0.1, -0.05) is 29.8 Å². The molecule has 0 saturated heterocycles. The number of hydrogen-bond donors (Lipinski definition) is 2. The molecule has 2 aromatic carbocycles. The van der Waals surface area contributed by atoms with Crippen molar-refractivity contribution in [1.29, 1.82) is 0 Å². The van der Waals surface area contributed by atoms with E-state index in [0.29, 0.717) is 35.4 Å². The van der Waals surface area contributed by atoms with Crippen molar-refractivity contribution < 1.29 is 19.1 Å². The van der Waals surface area contributed by atoms with E-state index in [1.54, 1.807) is 38.1 Å². The fourth-order valence-corrected chi connectivity index (χ4v) is 2.75. The molecule has 0 radical (unpaired) electrons. The maximum absolute atomic E-state index is 12.7. The van der Waals surface area contributed by atoms with E-state index in [-0.39, 0.29) is 6.54 Å². The van der Waals surface area contributed by atoms with Crippen molar-refractivity contribution in [2.45, 2.75) is 20.4 Å². The number of amides is 2. The molecule has 1 aliphatic heterocycles. The lowest BCUT2D eigenvalue weighted by Gasteiger charge is -2.24. The molecule has 0 aromatic heterocycles. The van der Waals surface area contributed by atoms with E-state index in [0.717, 1.165) is 5.56 Å². The molecule has 0 fully saturated rings. The van der Waals surface area contributed by atoms with Crippen LogP contribution < -0.4 is 20.1 Å². The highest BCUT2D eigenvalue weighted by molar-refractivity contribution is 6.31. The summed E-state index contributed by atoms with van der Waals surface area (Å²) in [6.07, 6.45) is 0. The van der Waals surface area contributed by atoms with Crippen LogP contribution in [0.25, 0.3) is 0 Å². The second-order valence-corrected chi connectivity index (χ2v) is 7.12. The highest BCUT2D eigenvalue weighted by atomic mass is 35.5. The molecule has 2 N–H and O–H groups in total. The van der Waals surface area contributed by atoms with Gasteiger partial charge in [0.1, 0.15) is 18.6 Å². The zero-order valence-corrected chi connectivity index (χ0v) is 15.9. The minimum atomic E-state index is -1.27. The average molecular weight is 389 g/mol. The Bertz CT molecular complexity index is 867. The number of fused-ring (bicyclic) bond motifs is 1. The Kier molecular flexibility index (Phi) is 5.56. The molecule has 1 heterocycles. The average Bonchev–Trinajstić information content (AvgIpc) is 2.67. The van der Waals surface area contributed by atoms with Crippen LogP contribution in [0.1, 0.15) is 19.4 Å². The van der Waals surface area contributed by atoms with Crippen LogP contribution in [0.3, 0.4) is 0 Å². The van der Waals surface area contributed by atoms with Crippen LogP contribution in [0.5, 0.6) is 11.5 Å². The summed E-state index contributed by atoms with van der Waals surface area (Å²) in [5.41, 5.74) is 0.0564. The summed E-state index contributed by atoms with van der Waals surface area (Å²) in [5, 5.41) is 6.10. The van der Waals surface area contributed by atoms with Gasteiger partial charge in [0, 0.05) is 23.3 Å². The van der Waals surface area contributed by atoms with Crippen molar-refractivity contribution in [3.05, 3.63) is 53.1 Å². The number of carbonyl (C=O) groups is 2. The molecule has 6 nitrogen and oxygen atoms in total. The third-order valence-electron chi connectivity index (χ3n) is 4.33. The molecule has 27 heavy (non-hydrogen) atoms. The summed E-state index contributed by atoms with van der Waals surface area (Å²) in [4.78, 5) is 25.2. The van der Waals surface area contributed by atoms with E-state index < -0.39 is 17.2 Å². The maximum Gasteiger partial charge on any atom is 0.239 e. The molecule has 0 spiro atoms. The van der Waals surface area contributed by atoms with Crippen LogP contribution in [0.4, 0.5) is 5.69 Å². The van der Waals surface area contributed by atoms with E-state index in [4.69, 9.17) is 21.1 Å². The van der Waals surface area contributed by atoms with Gasteiger partial charge >= 0.3 is 0 Å². The van der Waals surface area contributed by atoms with Gasteiger partial charge in [0.05, 0.1) is 0 Å². The monoisotopic (exact) mass is 388 g/mol. The minimum absolute atomic E-state index is 0.249. The van der Waals surface area contributed by atoms with E-state index in [1.807, 2.05) is 18.2 Å². The molecule has 2 aromatic rings. The van der Waals surface area contributed by atoms with Gasteiger partial charge in [-0.15, -0.1) is 0 Å². The summed E-state index contributed by atoms with van der Waals surface area (Å²) in [5.74, 6) is 0.393. The topological polar surface area (TPSA) is 76.7 Å². The van der Waals surface area contributed by atoms with Crippen LogP contribution in [0.15, 0.2) is 42.5 Å².